The Labute approximate surface area is 79.1 Å². The molecule has 1 heteroatoms. The number of allylic oxidation sites excluding steroid dienone is 6. The van der Waals surface area contributed by atoms with Gasteiger partial charge in [0.05, 0.1) is 0 Å². The first-order chi connectivity index (χ1) is 5.76. The van der Waals surface area contributed by atoms with Crippen molar-refractivity contribution in [2.45, 2.75) is 0 Å². The molecule has 0 amide bonds. The number of hydrogen-bond acceptors (Lipinski definition) is 1. The molecule has 0 aromatic rings. The highest BCUT2D eigenvalue weighted by molar-refractivity contribution is 8.01. The summed E-state index contributed by atoms with van der Waals surface area (Å²) in [6.07, 6.45) is 9.31. The van der Waals surface area contributed by atoms with Gasteiger partial charge < -0.3 is 0 Å². The van der Waals surface area contributed by atoms with Crippen molar-refractivity contribution in [3.8, 4) is 0 Å². The first-order valence-electron chi connectivity index (χ1n) is 3.60. The van der Waals surface area contributed by atoms with Gasteiger partial charge in [0.2, 0.25) is 0 Å². The predicted molar refractivity (Wildman–Crippen MR) is 60.3 cm³/mol. The van der Waals surface area contributed by atoms with Crippen LogP contribution in [0.5, 0.6) is 0 Å². The molecule has 0 rings (SSSR count). The normalized spacial score (nSPS) is 11.6. The van der Waals surface area contributed by atoms with Crippen molar-refractivity contribution in [3.05, 3.63) is 60.6 Å². The van der Waals surface area contributed by atoms with Crippen LogP contribution in [0.2, 0.25) is 0 Å². The first kappa shape index (κ1) is 11.1. The molecule has 0 aliphatic rings. The summed E-state index contributed by atoms with van der Waals surface area (Å²) >= 11 is 1.64. The Morgan fingerprint density at radius 2 is 2.00 bits per heavy atom. The lowest BCUT2D eigenvalue weighted by Crippen LogP contribution is -1.78. The molecule has 0 radical (unpaired) electrons. The zero-order chi connectivity index (χ0) is 9.40. The van der Waals surface area contributed by atoms with Crippen molar-refractivity contribution in [2.75, 3.05) is 6.26 Å². The van der Waals surface area contributed by atoms with Crippen molar-refractivity contribution < 1.29 is 0 Å². The van der Waals surface area contributed by atoms with Crippen LogP contribution in [0.1, 0.15) is 0 Å². The Kier molecular flexibility index (Phi) is 6.21. The average molecular weight is 178 g/mol. The van der Waals surface area contributed by atoms with Crippen molar-refractivity contribution in [3.63, 3.8) is 0 Å². The zero-order valence-corrected chi connectivity index (χ0v) is 8.23. The maximum atomic E-state index is 3.89. The van der Waals surface area contributed by atoms with Crippen molar-refractivity contribution in [1.29, 1.82) is 0 Å². The van der Waals surface area contributed by atoms with Crippen LogP contribution in [0.4, 0.5) is 0 Å². The molecule has 64 valence electrons. The van der Waals surface area contributed by atoms with E-state index in [0.717, 1.165) is 11.1 Å². The van der Waals surface area contributed by atoms with Gasteiger partial charge in [-0.3, -0.25) is 0 Å². The van der Waals surface area contributed by atoms with Crippen molar-refractivity contribution in [1.82, 2.24) is 0 Å². The maximum Gasteiger partial charge on any atom is -0.0133 e. The van der Waals surface area contributed by atoms with Gasteiger partial charge in [0.15, 0.2) is 0 Å². The van der Waals surface area contributed by atoms with E-state index in [0.29, 0.717) is 0 Å². The molecular formula is C11H14S. The van der Waals surface area contributed by atoms with Gasteiger partial charge in [-0.25, -0.2) is 0 Å². The lowest BCUT2D eigenvalue weighted by atomic mass is 10.1. The molecule has 0 atom stereocenters. The minimum Gasteiger partial charge on any atom is -0.137 e. The topological polar surface area (TPSA) is 0 Å². The summed E-state index contributed by atoms with van der Waals surface area (Å²) in [5.74, 6) is 0. The molecule has 0 saturated carbocycles. The first-order valence-corrected chi connectivity index (χ1v) is 4.88. The predicted octanol–water partition coefficient (Wildman–Crippen LogP) is 3.72. The van der Waals surface area contributed by atoms with Crippen LogP contribution in [0.3, 0.4) is 0 Å². The highest BCUT2D eigenvalue weighted by Crippen LogP contribution is 2.14. The summed E-state index contributed by atoms with van der Waals surface area (Å²) < 4.78 is 0. The average Bonchev–Trinajstić information content (AvgIpc) is 2.10. The second-order valence-electron chi connectivity index (χ2n) is 2.13. The molecule has 0 bridgehead atoms. The molecule has 0 aromatic heterocycles. The lowest BCUT2D eigenvalue weighted by Gasteiger charge is -1.98. The quantitative estimate of drug-likeness (QED) is 0.578. The van der Waals surface area contributed by atoms with Gasteiger partial charge in [-0.2, -0.15) is 0 Å². The fraction of sp³-hybridized carbons (Fsp3) is 0.0909. The molecule has 0 heterocycles. The molecule has 0 N–H and O–H groups in total. The van der Waals surface area contributed by atoms with E-state index < -0.39 is 0 Å². The summed E-state index contributed by atoms with van der Waals surface area (Å²) in [6.45, 7) is 11.2. The number of hydrogen-bond donors (Lipinski definition) is 0. The van der Waals surface area contributed by atoms with E-state index in [9.17, 15) is 0 Å². The smallest absolute Gasteiger partial charge is 0.0133 e. The van der Waals surface area contributed by atoms with E-state index in [1.165, 1.54) is 0 Å². The third-order valence-corrected chi connectivity index (χ3v) is 1.76. The standard InChI is InChI=1S/C11H14S/c1-5-7-8-10(3)11(6-2)9-12-4/h5-9H,1-3H2,4H3/b8-7-,11-9-. The van der Waals surface area contributed by atoms with E-state index in [1.807, 2.05) is 23.8 Å². The summed E-state index contributed by atoms with van der Waals surface area (Å²) in [7, 11) is 0. The molecule has 0 unspecified atom stereocenters. The van der Waals surface area contributed by atoms with E-state index in [1.54, 1.807) is 23.9 Å². The molecule has 12 heavy (non-hydrogen) atoms. The molecule has 0 spiro atoms. The molecule has 0 aliphatic carbocycles. The minimum atomic E-state index is 0.958. The van der Waals surface area contributed by atoms with Gasteiger partial charge in [-0.1, -0.05) is 44.0 Å². The highest BCUT2D eigenvalue weighted by atomic mass is 32.2. The van der Waals surface area contributed by atoms with Gasteiger partial charge in [-0.05, 0) is 22.8 Å². The molecule has 0 aromatic carbocycles. The Morgan fingerprint density at radius 1 is 1.33 bits per heavy atom. The third kappa shape index (κ3) is 4.04. The van der Waals surface area contributed by atoms with Gasteiger partial charge in [0.25, 0.3) is 0 Å². The second-order valence-corrected chi connectivity index (χ2v) is 2.84. The van der Waals surface area contributed by atoms with Crippen LogP contribution < -0.4 is 0 Å². The summed E-state index contributed by atoms with van der Waals surface area (Å²) in [6, 6.07) is 0. The van der Waals surface area contributed by atoms with Crippen LogP contribution >= 0.6 is 11.8 Å². The van der Waals surface area contributed by atoms with E-state index >= 15 is 0 Å². The van der Waals surface area contributed by atoms with Gasteiger partial charge in [0, 0.05) is 0 Å². The number of thioether (sulfide) groups is 1. The highest BCUT2D eigenvalue weighted by Gasteiger charge is 1.91. The SMILES string of the molecule is C=C/C=C\C(=C)/C(C=C)=C\SC. The summed E-state index contributed by atoms with van der Waals surface area (Å²) in [5.41, 5.74) is 2.01. The van der Waals surface area contributed by atoms with E-state index in [4.69, 9.17) is 0 Å². The molecule has 0 aliphatic heterocycles. The van der Waals surface area contributed by atoms with Gasteiger partial charge in [-0.15, -0.1) is 11.8 Å². The summed E-state index contributed by atoms with van der Waals surface area (Å²) in [4.78, 5) is 0. The molecule has 0 saturated heterocycles. The molecular weight excluding hydrogens is 164 g/mol. The van der Waals surface area contributed by atoms with Crippen molar-refractivity contribution >= 4 is 11.8 Å². The fourth-order valence-corrected chi connectivity index (χ4v) is 1.16. The van der Waals surface area contributed by atoms with Gasteiger partial charge in [0.1, 0.15) is 0 Å². The van der Waals surface area contributed by atoms with Gasteiger partial charge >= 0.3 is 0 Å². The Bertz CT molecular complexity index is 231. The second kappa shape index (κ2) is 6.74. The Balaban J connectivity index is 4.42. The van der Waals surface area contributed by atoms with Crippen LogP contribution in [0.15, 0.2) is 60.6 Å². The molecule has 0 fully saturated rings. The van der Waals surface area contributed by atoms with E-state index in [2.05, 4.69) is 19.7 Å². The molecule has 0 nitrogen and oxygen atoms in total. The van der Waals surface area contributed by atoms with Crippen LogP contribution in [0, 0.1) is 0 Å². The number of rotatable bonds is 5. The fourth-order valence-electron chi connectivity index (χ4n) is 0.662. The monoisotopic (exact) mass is 178 g/mol. The van der Waals surface area contributed by atoms with Crippen molar-refractivity contribution in [2.24, 2.45) is 0 Å². The maximum absolute atomic E-state index is 3.89. The van der Waals surface area contributed by atoms with Crippen LogP contribution in [0.25, 0.3) is 0 Å². The Morgan fingerprint density at radius 3 is 2.42 bits per heavy atom. The zero-order valence-electron chi connectivity index (χ0n) is 7.42. The Hall–Kier alpha value is -0.950. The van der Waals surface area contributed by atoms with E-state index in [-0.39, 0.29) is 0 Å². The largest absolute Gasteiger partial charge is 0.137 e. The lowest BCUT2D eigenvalue weighted by molar-refractivity contribution is 1.61. The van der Waals surface area contributed by atoms with Crippen LogP contribution in [-0.2, 0) is 0 Å². The minimum absolute atomic E-state index is 0.958. The van der Waals surface area contributed by atoms with Crippen LogP contribution in [-0.4, -0.2) is 6.26 Å². The third-order valence-electron chi connectivity index (χ3n) is 1.27. The summed E-state index contributed by atoms with van der Waals surface area (Å²) in [5, 5.41) is 2.02.